The molecule has 0 saturated heterocycles. The van der Waals surface area contributed by atoms with Crippen molar-refractivity contribution in [3.05, 3.63) is 39.4 Å². The number of hydrogen-bond donors (Lipinski definition) is 1. The van der Waals surface area contributed by atoms with Crippen LogP contribution in [0.4, 0.5) is 5.69 Å². The van der Waals surface area contributed by atoms with E-state index in [-0.39, 0.29) is 35.1 Å². The van der Waals surface area contributed by atoms with Crippen molar-refractivity contribution < 1.29 is 24.4 Å². The van der Waals surface area contributed by atoms with Crippen LogP contribution in [0.2, 0.25) is 0 Å². The third kappa shape index (κ3) is 3.26. The Hall–Kier alpha value is -1.44. The van der Waals surface area contributed by atoms with E-state index in [9.17, 15) is 19.7 Å². The Labute approximate surface area is 118 Å². The van der Waals surface area contributed by atoms with E-state index in [1.54, 1.807) is 0 Å². The Morgan fingerprint density at radius 3 is 2.41 bits per heavy atom. The van der Waals surface area contributed by atoms with Crippen LogP contribution in [0.5, 0.6) is 0 Å². The van der Waals surface area contributed by atoms with Crippen molar-refractivity contribution in [1.29, 1.82) is 0 Å². The number of nitro benzene ring substituents is 1. The third-order valence-corrected chi connectivity index (χ3v) is 1.86. The van der Waals surface area contributed by atoms with E-state index in [0.29, 0.717) is 0 Å². The summed E-state index contributed by atoms with van der Waals surface area (Å²) in [6, 6.07) is 3.38. The molecule has 0 aromatic heterocycles. The summed E-state index contributed by atoms with van der Waals surface area (Å²) in [7, 11) is 1.06. The number of rotatable bonds is 3. The Balaban J connectivity index is 0.00000256. The first-order chi connectivity index (χ1) is 7.49. The fraction of sp³-hybridized carbons (Fsp3) is 0.111. The number of carboxylic acids is 1. The van der Waals surface area contributed by atoms with Gasteiger partial charge in [-0.15, -0.1) is 0 Å². The summed E-state index contributed by atoms with van der Waals surface area (Å²) in [4.78, 5) is 31.8. The molecule has 0 saturated carbocycles. The summed E-state index contributed by atoms with van der Waals surface area (Å²) in [5.74, 6) is -2.48. The molecule has 1 aromatic carbocycles. The van der Waals surface area contributed by atoms with Crippen LogP contribution in [0.25, 0.3) is 0 Å². The summed E-state index contributed by atoms with van der Waals surface area (Å²) in [5.41, 5.74) is -1.65. The van der Waals surface area contributed by atoms with E-state index in [1.807, 2.05) is 0 Å². The predicted octanol–water partition coefficient (Wildman–Crippen LogP) is 0.431. The molecule has 0 aliphatic carbocycles. The molecule has 86 valence electrons. The van der Waals surface area contributed by atoms with E-state index in [1.165, 1.54) is 6.07 Å². The maximum atomic E-state index is 11.2. The van der Waals surface area contributed by atoms with Crippen LogP contribution in [-0.4, -0.2) is 58.6 Å². The van der Waals surface area contributed by atoms with E-state index in [4.69, 9.17) is 5.11 Å². The molecule has 8 heteroatoms. The SMILES string of the molecule is COC(=O)c1cccc([N+](=O)[O-])c1C(=O)O.[NaH]. The topological polar surface area (TPSA) is 107 Å². The van der Waals surface area contributed by atoms with Crippen LogP contribution in [0.15, 0.2) is 18.2 Å². The number of nitrogens with zero attached hydrogens (tertiary/aromatic N) is 1. The average Bonchev–Trinajstić information content (AvgIpc) is 2.26. The van der Waals surface area contributed by atoms with E-state index in [0.717, 1.165) is 19.2 Å². The molecular weight excluding hydrogens is 241 g/mol. The van der Waals surface area contributed by atoms with Crippen LogP contribution in [-0.2, 0) is 4.74 Å². The maximum absolute atomic E-state index is 11.2. The first kappa shape index (κ1) is 15.6. The predicted molar refractivity (Wildman–Crippen MR) is 58.5 cm³/mol. The number of methoxy groups -OCH3 is 1. The Morgan fingerprint density at radius 1 is 1.41 bits per heavy atom. The van der Waals surface area contributed by atoms with E-state index < -0.39 is 28.1 Å². The second kappa shape index (κ2) is 6.33. The van der Waals surface area contributed by atoms with Crippen molar-refractivity contribution in [2.24, 2.45) is 0 Å². The number of carbonyl (C=O) groups is 2. The van der Waals surface area contributed by atoms with Gasteiger partial charge in [-0.1, -0.05) is 6.07 Å². The molecule has 0 heterocycles. The number of benzene rings is 1. The van der Waals surface area contributed by atoms with Crippen molar-refractivity contribution in [1.82, 2.24) is 0 Å². The molecule has 1 aromatic rings. The van der Waals surface area contributed by atoms with Crippen LogP contribution >= 0.6 is 0 Å². The van der Waals surface area contributed by atoms with Gasteiger partial charge >= 0.3 is 41.5 Å². The molecule has 7 nitrogen and oxygen atoms in total. The zero-order valence-electron chi connectivity index (χ0n) is 8.17. The normalized spacial score (nSPS) is 9.00. The summed E-state index contributed by atoms with van der Waals surface area (Å²) >= 11 is 0. The number of ether oxygens (including phenoxy) is 1. The van der Waals surface area contributed by atoms with Gasteiger partial charge in [0.05, 0.1) is 17.6 Å². The molecule has 0 bridgehead atoms. The first-order valence-electron chi connectivity index (χ1n) is 4.08. The van der Waals surface area contributed by atoms with Gasteiger partial charge in [0, 0.05) is 6.07 Å². The zero-order chi connectivity index (χ0) is 12.3. The number of carboxylic acid groups (broad SMARTS) is 1. The molecular formula is C9H8NNaO6. The van der Waals surface area contributed by atoms with Gasteiger partial charge < -0.3 is 9.84 Å². The molecule has 0 fully saturated rings. The average molecular weight is 249 g/mol. The number of esters is 1. The van der Waals surface area contributed by atoms with Crippen molar-refractivity contribution >= 4 is 47.2 Å². The van der Waals surface area contributed by atoms with Crippen molar-refractivity contribution in [3.8, 4) is 0 Å². The molecule has 0 amide bonds. The Kier molecular flexibility index (Phi) is 5.80. The van der Waals surface area contributed by atoms with E-state index >= 15 is 0 Å². The molecule has 0 spiro atoms. The third-order valence-electron chi connectivity index (χ3n) is 1.86. The molecule has 1 rings (SSSR count). The fourth-order valence-corrected chi connectivity index (χ4v) is 1.20. The van der Waals surface area contributed by atoms with Gasteiger partial charge in [-0.25, -0.2) is 9.59 Å². The molecule has 17 heavy (non-hydrogen) atoms. The first-order valence-corrected chi connectivity index (χ1v) is 4.08. The van der Waals surface area contributed by atoms with Gasteiger partial charge in [-0.2, -0.15) is 0 Å². The zero-order valence-corrected chi connectivity index (χ0v) is 8.17. The summed E-state index contributed by atoms with van der Waals surface area (Å²) in [5, 5.41) is 19.4. The molecule has 0 unspecified atom stereocenters. The van der Waals surface area contributed by atoms with Crippen LogP contribution < -0.4 is 0 Å². The number of nitro groups is 1. The minimum atomic E-state index is -1.55. The van der Waals surface area contributed by atoms with Crippen molar-refractivity contribution in [2.45, 2.75) is 0 Å². The number of carbonyl (C=O) groups excluding carboxylic acids is 1. The number of aromatic carboxylic acids is 1. The summed E-state index contributed by atoms with van der Waals surface area (Å²) in [6.45, 7) is 0. The van der Waals surface area contributed by atoms with E-state index in [2.05, 4.69) is 4.74 Å². The number of hydrogen-bond acceptors (Lipinski definition) is 5. The summed E-state index contributed by atoms with van der Waals surface area (Å²) in [6.07, 6.45) is 0. The van der Waals surface area contributed by atoms with Gasteiger partial charge in [0.1, 0.15) is 0 Å². The van der Waals surface area contributed by atoms with Gasteiger partial charge in [0.2, 0.25) is 0 Å². The van der Waals surface area contributed by atoms with Crippen molar-refractivity contribution in [3.63, 3.8) is 0 Å². The van der Waals surface area contributed by atoms with Gasteiger partial charge in [-0.3, -0.25) is 10.1 Å². The van der Waals surface area contributed by atoms with Crippen LogP contribution in [0.3, 0.4) is 0 Å². The molecule has 1 N–H and O–H groups in total. The summed E-state index contributed by atoms with van der Waals surface area (Å²) < 4.78 is 4.34. The molecule has 0 aliphatic heterocycles. The minimum absolute atomic E-state index is 0. The fourth-order valence-electron chi connectivity index (χ4n) is 1.20. The van der Waals surface area contributed by atoms with Crippen LogP contribution in [0, 0.1) is 10.1 Å². The Morgan fingerprint density at radius 2 is 2.00 bits per heavy atom. The molecule has 0 aliphatic rings. The van der Waals surface area contributed by atoms with Gasteiger partial charge in [-0.05, 0) is 6.07 Å². The molecule has 0 atom stereocenters. The monoisotopic (exact) mass is 249 g/mol. The quantitative estimate of drug-likeness (QED) is 0.360. The van der Waals surface area contributed by atoms with Gasteiger partial charge in [0.25, 0.3) is 5.69 Å². The standard InChI is InChI=1S/C9H7NO6.Na.H/c1-16-9(13)5-3-2-4-6(10(14)15)7(5)8(11)12;;/h2-4H,1H3,(H,11,12);;. The molecule has 0 radical (unpaired) electrons. The second-order valence-corrected chi connectivity index (χ2v) is 2.75. The van der Waals surface area contributed by atoms with Gasteiger partial charge in [0.15, 0.2) is 5.56 Å². The Bertz CT molecular complexity index is 473. The van der Waals surface area contributed by atoms with Crippen LogP contribution in [0.1, 0.15) is 20.7 Å². The van der Waals surface area contributed by atoms with Crippen molar-refractivity contribution in [2.75, 3.05) is 7.11 Å². The second-order valence-electron chi connectivity index (χ2n) is 2.75.